The quantitative estimate of drug-likeness (QED) is 0.859. The zero-order valence-corrected chi connectivity index (χ0v) is 12.5. The van der Waals surface area contributed by atoms with Crippen molar-refractivity contribution in [1.29, 1.82) is 0 Å². The second-order valence-electron chi connectivity index (χ2n) is 6.48. The Hall–Kier alpha value is -1.68. The minimum atomic E-state index is 0.292. The van der Waals surface area contributed by atoms with Crippen LogP contribution >= 0.6 is 0 Å². The molecule has 2 aromatic rings. The molecular formula is C16H22N4. The number of likely N-dealkylation sites (tertiary alicyclic amines) is 1. The van der Waals surface area contributed by atoms with Gasteiger partial charge in [0.1, 0.15) is 12.2 Å². The van der Waals surface area contributed by atoms with Crippen molar-refractivity contribution in [3.8, 4) is 0 Å². The van der Waals surface area contributed by atoms with Gasteiger partial charge in [-0.05, 0) is 11.0 Å². The fourth-order valence-electron chi connectivity index (χ4n) is 3.27. The van der Waals surface area contributed by atoms with Crippen molar-refractivity contribution >= 4 is 0 Å². The Morgan fingerprint density at radius 1 is 1.25 bits per heavy atom. The lowest BCUT2D eigenvalue weighted by molar-refractivity contribution is 0.274. The molecule has 1 saturated heterocycles. The predicted octanol–water partition coefficient (Wildman–Crippen LogP) is 2.44. The van der Waals surface area contributed by atoms with Gasteiger partial charge >= 0.3 is 0 Å². The predicted molar refractivity (Wildman–Crippen MR) is 79.2 cm³/mol. The van der Waals surface area contributed by atoms with E-state index in [-0.39, 0.29) is 0 Å². The summed E-state index contributed by atoms with van der Waals surface area (Å²) in [7, 11) is 2.01. The maximum absolute atomic E-state index is 4.20. The van der Waals surface area contributed by atoms with Crippen molar-refractivity contribution in [2.24, 2.45) is 12.5 Å². The third-order valence-corrected chi connectivity index (χ3v) is 4.39. The third kappa shape index (κ3) is 2.48. The Balaban J connectivity index is 1.77. The summed E-state index contributed by atoms with van der Waals surface area (Å²) < 4.78 is 2.00. The number of hydrogen-bond donors (Lipinski definition) is 0. The molecule has 0 bridgehead atoms. The van der Waals surface area contributed by atoms with E-state index in [0.29, 0.717) is 11.3 Å². The van der Waals surface area contributed by atoms with Gasteiger partial charge in [-0.25, -0.2) is 0 Å². The monoisotopic (exact) mass is 270 g/mol. The van der Waals surface area contributed by atoms with E-state index in [1.165, 1.54) is 5.56 Å². The fraction of sp³-hybridized carbons (Fsp3) is 0.500. The summed E-state index contributed by atoms with van der Waals surface area (Å²) in [6.45, 7) is 7.79. The number of hydrogen-bond acceptors (Lipinski definition) is 3. The topological polar surface area (TPSA) is 34.0 Å². The van der Waals surface area contributed by atoms with Crippen LogP contribution in [0.2, 0.25) is 0 Å². The molecule has 0 unspecified atom stereocenters. The Labute approximate surface area is 120 Å². The van der Waals surface area contributed by atoms with Gasteiger partial charge in [0, 0.05) is 26.1 Å². The van der Waals surface area contributed by atoms with E-state index < -0.39 is 0 Å². The maximum atomic E-state index is 4.20. The molecule has 0 amide bonds. The molecule has 0 aliphatic carbocycles. The first-order valence-corrected chi connectivity index (χ1v) is 7.16. The van der Waals surface area contributed by atoms with Crippen LogP contribution in [-0.2, 0) is 13.6 Å². The average Bonchev–Trinajstić information content (AvgIpc) is 2.94. The molecule has 1 aliphatic heterocycles. The molecule has 0 saturated carbocycles. The molecular weight excluding hydrogens is 248 g/mol. The number of rotatable bonds is 3. The molecule has 4 nitrogen and oxygen atoms in total. The van der Waals surface area contributed by atoms with E-state index in [1.54, 1.807) is 6.33 Å². The van der Waals surface area contributed by atoms with Crippen LogP contribution in [0.1, 0.15) is 31.2 Å². The maximum Gasteiger partial charge on any atom is 0.146 e. The van der Waals surface area contributed by atoms with Crippen LogP contribution in [0.4, 0.5) is 0 Å². The van der Waals surface area contributed by atoms with Gasteiger partial charge in [0.05, 0.1) is 6.54 Å². The lowest BCUT2D eigenvalue weighted by Crippen LogP contribution is -2.24. The third-order valence-electron chi connectivity index (χ3n) is 4.39. The minimum Gasteiger partial charge on any atom is -0.320 e. The van der Waals surface area contributed by atoms with Crippen LogP contribution in [-0.4, -0.2) is 32.8 Å². The van der Waals surface area contributed by atoms with Gasteiger partial charge in [0.2, 0.25) is 0 Å². The Morgan fingerprint density at radius 3 is 2.65 bits per heavy atom. The van der Waals surface area contributed by atoms with Gasteiger partial charge in [-0.2, -0.15) is 0 Å². The molecule has 1 aromatic carbocycles. The summed E-state index contributed by atoms with van der Waals surface area (Å²) >= 11 is 0. The van der Waals surface area contributed by atoms with Crippen LogP contribution in [0.5, 0.6) is 0 Å². The lowest BCUT2D eigenvalue weighted by atomic mass is 9.78. The second-order valence-corrected chi connectivity index (χ2v) is 6.48. The van der Waals surface area contributed by atoms with Crippen LogP contribution in [0.25, 0.3) is 0 Å². The zero-order chi connectivity index (χ0) is 14.2. The largest absolute Gasteiger partial charge is 0.320 e. The summed E-state index contributed by atoms with van der Waals surface area (Å²) in [4.78, 5) is 2.49. The standard InChI is InChI=1S/C16H22N4/c1-16(2)11-20(10-15-18-17-12-19(15)3)9-14(16)13-7-5-4-6-8-13/h4-8,12,14H,9-11H2,1-3H3/t14-/m0/s1. The van der Waals surface area contributed by atoms with Crippen molar-refractivity contribution in [2.75, 3.05) is 13.1 Å². The van der Waals surface area contributed by atoms with Crippen molar-refractivity contribution in [3.63, 3.8) is 0 Å². The smallest absolute Gasteiger partial charge is 0.146 e. The van der Waals surface area contributed by atoms with E-state index in [2.05, 4.69) is 59.3 Å². The van der Waals surface area contributed by atoms with Gasteiger partial charge < -0.3 is 4.57 Å². The van der Waals surface area contributed by atoms with Gasteiger partial charge in [-0.3, -0.25) is 4.90 Å². The average molecular weight is 270 g/mol. The first kappa shape index (κ1) is 13.3. The molecule has 1 fully saturated rings. The van der Waals surface area contributed by atoms with E-state index in [4.69, 9.17) is 0 Å². The normalized spacial score (nSPS) is 22.2. The molecule has 3 rings (SSSR count). The minimum absolute atomic E-state index is 0.292. The highest BCUT2D eigenvalue weighted by molar-refractivity contribution is 5.24. The first-order chi connectivity index (χ1) is 9.56. The lowest BCUT2D eigenvalue weighted by Gasteiger charge is -2.26. The second kappa shape index (κ2) is 5.02. The molecule has 4 heteroatoms. The number of aromatic nitrogens is 3. The van der Waals surface area contributed by atoms with Crippen LogP contribution in [0.15, 0.2) is 36.7 Å². The van der Waals surface area contributed by atoms with E-state index >= 15 is 0 Å². The van der Waals surface area contributed by atoms with Crippen LogP contribution < -0.4 is 0 Å². The van der Waals surface area contributed by atoms with Crippen molar-refractivity contribution in [1.82, 2.24) is 19.7 Å². The van der Waals surface area contributed by atoms with Crippen molar-refractivity contribution < 1.29 is 0 Å². The van der Waals surface area contributed by atoms with Gasteiger partial charge in [0.25, 0.3) is 0 Å². The molecule has 1 atom stereocenters. The van der Waals surface area contributed by atoms with E-state index in [9.17, 15) is 0 Å². The van der Waals surface area contributed by atoms with Crippen molar-refractivity contribution in [3.05, 3.63) is 48.0 Å². The molecule has 0 spiro atoms. The molecule has 2 heterocycles. The molecule has 1 aliphatic rings. The van der Waals surface area contributed by atoms with Crippen LogP contribution in [0, 0.1) is 5.41 Å². The molecule has 0 radical (unpaired) electrons. The Kier molecular flexibility index (Phi) is 3.34. The van der Waals surface area contributed by atoms with E-state index in [1.807, 2.05) is 11.6 Å². The highest BCUT2D eigenvalue weighted by Gasteiger charge is 2.40. The highest BCUT2D eigenvalue weighted by atomic mass is 15.3. The van der Waals surface area contributed by atoms with E-state index in [0.717, 1.165) is 25.5 Å². The Morgan fingerprint density at radius 2 is 2.00 bits per heavy atom. The molecule has 106 valence electrons. The first-order valence-electron chi connectivity index (χ1n) is 7.16. The SMILES string of the molecule is Cn1cnnc1CN1C[C@@H](c2ccccc2)C(C)(C)C1. The molecule has 1 aromatic heterocycles. The highest BCUT2D eigenvalue weighted by Crippen LogP contribution is 2.42. The van der Waals surface area contributed by atoms with Crippen molar-refractivity contribution in [2.45, 2.75) is 26.3 Å². The fourth-order valence-corrected chi connectivity index (χ4v) is 3.27. The number of benzene rings is 1. The van der Waals surface area contributed by atoms with Gasteiger partial charge in [-0.1, -0.05) is 44.2 Å². The zero-order valence-electron chi connectivity index (χ0n) is 12.5. The summed E-state index contributed by atoms with van der Waals surface area (Å²) in [6.07, 6.45) is 1.77. The summed E-state index contributed by atoms with van der Waals surface area (Å²) in [5, 5.41) is 8.16. The Bertz CT molecular complexity index is 573. The summed E-state index contributed by atoms with van der Waals surface area (Å²) in [6, 6.07) is 10.9. The van der Waals surface area contributed by atoms with Gasteiger partial charge in [-0.15, -0.1) is 10.2 Å². The number of aryl methyl sites for hydroxylation is 1. The van der Waals surface area contributed by atoms with Gasteiger partial charge in [0.15, 0.2) is 0 Å². The summed E-state index contributed by atoms with van der Waals surface area (Å²) in [5.74, 6) is 1.62. The molecule has 20 heavy (non-hydrogen) atoms. The van der Waals surface area contributed by atoms with Crippen LogP contribution in [0.3, 0.4) is 0 Å². The summed E-state index contributed by atoms with van der Waals surface area (Å²) in [5.41, 5.74) is 1.73. The number of nitrogens with zero attached hydrogens (tertiary/aromatic N) is 4. The molecule has 0 N–H and O–H groups in total.